The number of nitrogens with zero attached hydrogens (tertiary/aromatic N) is 2. The number of nitro benzene ring substituents is 1. The Labute approximate surface area is 105 Å². The molecule has 0 saturated carbocycles. The summed E-state index contributed by atoms with van der Waals surface area (Å²) in [7, 11) is -3.42. The fraction of sp³-hybridized carbons (Fsp3) is 0.364. The van der Waals surface area contributed by atoms with Crippen molar-refractivity contribution < 1.29 is 13.3 Å². The van der Waals surface area contributed by atoms with Gasteiger partial charge in [-0.25, -0.2) is 8.42 Å². The molecule has 96 valence electrons. The van der Waals surface area contributed by atoms with Gasteiger partial charge >= 0.3 is 0 Å². The van der Waals surface area contributed by atoms with Gasteiger partial charge in [-0.2, -0.15) is 5.26 Å². The predicted molar refractivity (Wildman–Crippen MR) is 64.6 cm³/mol. The van der Waals surface area contributed by atoms with E-state index in [1.807, 2.05) is 6.07 Å². The van der Waals surface area contributed by atoms with Gasteiger partial charge in [0.2, 0.25) is 0 Å². The molecule has 0 bridgehead atoms. The van der Waals surface area contributed by atoms with Gasteiger partial charge < -0.3 is 0 Å². The second-order valence-corrected chi connectivity index (χ2v) is 5.79. The van der Waals surface area contributed by atoms with Crippen molar-refractivity contribution in [3.8, 4) is 6.07 Å². The van der Waals surface area contributed by atoms with Crippen LogP contribution >= 0.6 is 0 Å². The molecule has 0 aliphatic carbocycles. The highest BCUT2D eigenvalue weighted by molar-refractivity contribution is 7.91. The fourth-order valence-electron chi connectivity index (χ4n) is 1.39. The number of hydrogen-bond acceptors (Lipinski definition) is 5. The Balaban J connectivity index is 2.73. The van der Waals surface area contributed by atoms with Crippen LogP contribution in [-0.2, 0) is 9.84 Å². The van der Waals surface area contributed by atoms with Crippen LogP contribution in [0.1, 0.15) is 19.3 Å². The van der Waals surface area contributed by atoms with Gasteiger partial charge in [-0.3, -0.25) is 10.1 Å². The molecule has 7 heteroatoms. The van der Waals surface area contributed by atoms with E-state index >= 15 is 0 Å². The van der Waals surface area contributed by atoms with Gasteiger partial charge in [0.05, 0.1) is 21.6 Å². The largest absolute Gasteiger partial charge is 0.269 e. The smallest absolute Gasteiger partial charge is 0.258 e. The van der Waals surface area contributed by atoms with Gasteiger partial charge in [-0.1, -0.05) is 0 Å². The monoisotopic (exact) mass is 268 g/mol. The van der Waals surface area contributed by atoms with E-state index in [9.17, 15) is 18.5 Å². The molecule has 1 rings (SSSR count). The highest BCUT2D eigenvalue weighted by Gasteiger charge is 2.15. The summed E-state index contributed by atoms with van der Waals surface area (Å²) in [6.07, 6.45) is 1.27. The zero-order chi connectivity index (χ0) is 13.6. The highest BCUT2D eigenvalue weighted by atomic mass is 32.2. The van der Waals surface area contributed by atoms with Crippen molar-refractivity contribution in [1.29, 1.82) is 5.26 Å². The molecule has 0 spiro atoms. The van der Waals surface area contributed by atoms with E-state index in [0.29, 0.717) is 19.3 Å². The lowest BCUT2D eigenvalue weighted by Gasteiger charge is -2.03. The van der Waals surface area contributed by atoms with Crippen molar-refractivity contribution in [2.45, 2.75) is 24.2 Å². The maximum absolute atomic E-state index is 11.8. The van der Waals surface area contributed by atoms with Gasteiger partial charge in [0.25, 0.3) is 5.69 Å². The number of non-ortho nitro benzene ring substituents is 1. The number of nitriles is 1. The van der Waals surface area contributed by atoms with Crippen LogP contribution in [0.15, 0.2) is 29.2 Å². The minimum absolute atomic E-state index is 0.0491. The van der Waals surface area contributed by atoms with Crippen LogP contribution in [0.3, 0.4) is 0 Å². The Morgan fingerprint density at radius 2 is 1.83 bits per heavy atom. The van der Waals surface area contributed by atoms with Gasteiger partial charge in [-0.15, -0.1) is 0 Å². The molecular weight excluding hydrogens is 256 g/mol. The minimum Gasteiger partial charge on any atom is -0.258 e. The van der Waals surface area contributed by atoms with Gasteiger partial charge in [0.1, 0.15) is 0 Å². The number of unbranched alkanes of at least 4 members (excludes halogenated alkanes) is 2. The number of rotatable bonds is 6. The third kappa shape index (κ3) is 3.82. The zero-order valence-electron chi connectivity index (χ0n) is 9.57. The van der Waals surface area contributed by atoms with Crippen molar-refractivity contribution >= 4 is 15.5 Å². The van der Waals surface area contributed by atoms with Gasteiger partial charge in [0, 0.05) is 18.6 Å². The first-order valence-electron chi connectivity index (χ1n) is 5.31. The predicted octanol–water partition coefficient (Wildman–Crippen LogP) is 2.06. The Hall–Kier alpha value is -1.94. The molecule has 0 N–H and O–H groups in total. The molecule has 0 aromatic heterocycles. The standard InChI is InChI=1S/C11H12N2O4S/c12-8-2-1-3-9-18(16,17)11-6-4-10(5-7-11)13(14)15/h4-7H,1-3,9H2. The van der Waals surface area contributed by atoms with Crippen LogP contribution in [0.4, 0.5) is 5.69 Å². The molecule has 0 atom stereocenters. The van der Waals surface area contributed by atoms with Crippen molar-refractivity contribution in [3.63, 3.8) is 0 Å². The minimum atomic E-state index is -3.42. The second-order valence-electron chi connectivity index (χ2n) is 3.69. The van der Waals surface area contributed by atoms with E-state index in [1.54, 1.807) is 0 Å². The quantitative estimate of drug-likeness (QED) is 0.446. The topological polar surface area (TPSA) is 101 Å². The lowest BCUT2D eigenvalue weighted by Crippen LogP contribution is -2.06. The molecule has 0 heterocycles. The van der Waals surface area contributed by atoms with Crippen LogP contribution < -0.4 is 0 Å². The highest BCUT2D eigenvalue weighted by Crippen LogP contribution is 2.17. The zero-order valence-corrected chi connectivity index (χ0v) is 10.4. The SMILES string of the molecule is N#CCCCCS(=O)(=O)c1ccc([N+](=O)[O-])cc1. The maximum Gasteiger partial charge on any atom is 0.269 e. The molecule has 1 aromatic carbocycles. The van der Waals surface area contributed by atoms with Crippen molar-refractivity contribution in [3.05, 3.63) is 34.4 Å². The van der Waals surface area contributed by atoms with Crippen LogP contribution in [0.5, 0.6) is 0 Å². The van der Waals surface area contributed by atoms with Crippen molar-refractivity contribution in [2.75, 3.05) is 5.75 Å². The second kappa shape index (κ2) is 6.12. The van der Waals surface area contributed by atoms with E-state index in [4.69, 9.17) is 5.26 Å². The summed E-state index contributed by atoms with van der Waals surface area (Å²) < 4.78 is 23.6. The molecule has 0 amide bonds. The first-order valence-corrected chi connectivity index (χ1v) is 6.97. The van der Waals surface area contributed by atoms with E-state index in [0.717, 1.165) is 0 Å². The molecule has 0 radical (unpaired) electrons. The molecule has 0 unspecified atom stereocenters. The Morgan fingerprint density at radius 1 is 1.22 bits per heavy atom. The fourth-order valence-corrected chi connectivity index (χ4v) is 2.76. The third-order valence-electron chi connectivity index (χ3n) is 2.36. The van der Waals surface area contributed by atoms with Gasteiger partial charge in [0.15, 0.2) is 9.84 Å². The molecule has 0 aliphatic rings. The lowest BCUT2D eigenvalue weighted by atomic mass is 10.3. The Bertz CT molecular complexity index is 558. The third-order valence-corrected chi connectivity index (χ3v) is 4.17. The van der Waals surface area contributed by atoms with E-state index < -0.39 is 14.8 Å². The molecular formula is C11H12N2O4S. The number of hydrogen-bond donors (Lipinski definition) is 0. The summed E-state index contributed by atoms with van der Waals surface area (Å²) in [5.74, 6) is -0.0491. The molecule has 0 fully saturated rings. The summed E-state index contributed by atoms with van der Waals surface area (Å²) >= 11 is 0. The molecule has 1 aromatic rings. The average Bonchev–Trinajstić information content (AvgIpc) is 2.35. The first kappa shape index (κ1) is 14.1. The van der Waals surface area contributed by atoms with E-state index in [2.05, 4.69) is 0 Å². The summed E-state index contributed by atoms with van der Waals surface area (Å²) in [6, 6.07) is 6.75. The maximum atomic E-state index is 11.8. The van der Waals surface area contributed by atoms with Crippen molar-refractivity contribution in [2.24, 2.45) is 0 Å². The Kier molecular flexibility index (Phi) is 4.80. The normalized spacial score (nSPS) is 10.8. The Morgan fingerprint density at radius 3 is 2.33 bits per heavy atom. The first-order chi connectivity index (χ1) is 8.47. The van der Waals surface area contributed by atoms with E-state index in [1.165, 1.54) is 24.3 Å². The summed E-state index contributed by atoms with van der Waals surface area (Å²) in [4.78, 5) is 9.93. The summed E-state index contributed by atoms with van der Waals surface area (Å²) in [6.45, 7) is 0. The van der Waals surface area contributed by atoms with Crippen LogP contribution in [-0.4, -0.2) is 19.1 Å². The molecule has 0 aliphatic heterocycles. The van der Waals surface area contributed by atoms with Crippen molar-refractivity contribution in [1.82, 2.24) is 0 Å². The molecule has 6 nitrogen and oxygen atoms in total. The number of nitro groups is 1. The van der Waals surface area contributed by atoms with Crippen LogP contribution in [0.25, 0.3) is 0 Å². The average molecular weight is 268 g/mol. The van der Waals surface area contributed by atoms with E-state index in [-0.39, 0.29) is 16.3 Å². The van der Waals surface area contributed by atoms with Crippen LogP contribution in [0.2, 0.25) is 0 Å². The molecule has 0 saturated heterocycles. The number of benzene rings is 1. The lowest BCUT2D eigenvalue weighted by molar-refractivity contribution is -0.384. The summed E-state index contributed by atoms with van der Waals surface area (Å²) in [5.41, 5.74) is -0.140. The van der Waals surface area contributed by atoms with Gasteiger partial charge in [-0.05, 0) is 25.0 Å². The molecule has 18 heavy (non-hydrogen) atoms. The number of sulfone groups is 1. The van der Waals surface area contributed by atoms with Crippen LogP contribution in [0, 0.1) is 21.4 Å². The summed E-state index contributed by atoms with van der Waals surface area (Å²) in [5, 5.41) is 18.8.